The number of hydrogen-bond acceptors (Lipinski definition) is 6. The van der Waals surface area contributed by atoms with Gasteiger partial charge in [-0.2, -0.15) is 0 Å². The highest BCUT2D eigenvalue weighted by Gasteiger charge is 2.21. The normalized spacial score (nSPS) is 14.6. The molecule has 156 valence electrons. The van der Waals surface area contributed by atoms with Crippen LogP contribution in [0.3, 0.4) is 0 Å². The summed E-state index contributed by atoms with van der Waals surface area (Å²) in [4.78, 5) is 39.6. The van der Waals surface area contributed by atoms with E-state index in [1.54, 1.807) is 11.1 Å². The molecule has 0 unspecified atom stereocenters. The smallest absolute Gasteiger partial charge is 0.274 e. The molecule has 1 aromatic heterocycles. The molecular formula is C20H33N5O3. The van der Waals surface area contributed by atoms with Crippen molar-refractivity contribution in [3.63, 3.8) is 0 Å². The molecule has 0 saturated carbocycles. The van der Waals surface area contributed by atoms with E-state index in [2.05, 4.69) is 28.7 Å². The predicted octanol–water partition coefficient (Wildman–Crippen LogP) is 1.29. The molecule has 0 bridgehead atoms. The Kier molecular flexibility index (Phi) is 9.85. The van der Waals surface area contributed by atoms with Crippen LogP contribution in [0.2, 0.25) is 0 Å². The van der Waals surface area contributed by atoms with Gasteiger partial charge in [-0.05, 0) is 12.8 Å². The maximum atomic E-state index is 12.9. The third-order valence-electron chi connectivity index (χ3n) is 4.79. The summed E-state index contributed by atoms with van der Waals surface area (Å²) >= 11 is 0. The first kappa shape index (κ1) is 22.2. The van der Waals surface area contributed by atoms with Crippen LogP contribution in [-0.4, -0.2) is 95.5 Å². The molecule has 0 N–H and O–H groups in total. The molecule has 1 fully saturated rings. The highest BCUT2D eigenvalue weighted by molar-refractivity contribution is 5.92. The number of amides is 2. The van der Waals surface area contributed by atoms with Crippen molar-refractivity contribution in [3.8, 4) is 0 Å². The van der Waals surface area contributed by atoms with Crippen molar-refractivity contribution in [2.24, 2.45) is 0 Å². The molecule has 8 nitrogen and oxygen atoms in total. The second-order valence-electron chi connectivity index (χ2n) is 6.97. The molecule has 0 atom stereocenters. The van der Waals surface area contributed by atoms with E-state index in [0.717, 1.165) is 58.8 Å². The van der Waals surface area contributed by atoms with Crippen molar-refractivity contribution >= 4 is 11.8 Å². The third kappa shape index (κ3) is 7.16. The van der Waals surface area contributed by atoms with Crippen molar-refractivity contribution in [1.29, 1.82) is 0 Å². The minimum atomic E-state index is -0.174. The van der Waals surface area contributed by atoms with Crippen LogP contribution in [0.5, 0.6) is 0 Å². The molecule has 1 saturated heterocycles. The summed E-state index contributed by atoms with van der Waals surface area (Å²) in [5, 5.41) is 0. The van der Waals surface area contributed by atoms with Gasteiger partial charge in [0.1, 0.15) is 5.69 Å². The van der Waals surface area contributed by atoms with Crippen molar-refractivity contribution in [1.82, 2.24) is 24.7 Å². The topological polar surface area (TPSA) is 78.9 Å². The molecule has 1 aliphatic rings. The zero-order valence-electron chi connectivity index (χ0n) is 17.2. The van der Waals surface area contributed by atoms with Gasteiger partial charge in [0.25, 0.3) is 5.91 Å². The first-order valence-electron chi connectivity index (χ1n) is 10.3. The Morgan fingerprint density at radius 2 is 1.75 bits per heavy atom. The van der Waals surface area contributed by atoms with Gasteiger partial charge in [-0.15, -0.1) is 0 Å². The van der Waals surface area contributed by atoms with Crippen LogP contribution in [0.15, 0.2) is 18.6 Å². The van der Waals surface area contributed by atoms with Gasteiger partial charge in [0.2, 0.25) is 5.91 Å². The SMILES string of the molecule is CCCN(CCC)C(=O)CCN(CCN1CCOCC1)C(=O)c1cnccn1. The van der Waals surface area contributed by atoms with Gasteiger partial charge in [-0.3, -0.25) is 19.5 Å². The van der Waals surface area contributed by atoms with Gasteiger partial charge < -0.3 is 14.5 Å². The van der Waals surface area contributed by atoms with Crippen molar-refractivity contribution in [3.05, 3.63) is 24.3 Å². The predicted molar refractivity (Wildman–Crippen MR) is 107 cm³/mol. The zero-order valence-corrected chi connectivity index (χ0v) is 17.2. The van der Waals surface area contributed by atoms with Crippen LogP contribution >= 0.6 is 0 Å². The standard InChI is InChI=1S/C20H33N5O3/c1-3-8-24(9-4-2)19(26)5-10-25(12-11-23-13-15-28-16-14-23)20(27)18-17-21-6-7-22-18/h6-7,17H,3-5,8-16H2,1-2H3. The molecule has 1 aromatic rings. The van der Waals surface area contributed by atoms with Crippen LogP contribution < -0.4 is 0 Å². The monoisotopic (exact) mass is 391 g/mol. The number of carbonyl (C=O) groups is 2. The molecular weight excluding hydrogens is 358 g/mol. The fourth-order valence-electron chi connectivity index (χ4n) is 3.26. The molecule has 2 rings (SSSR count). The summed E-state index contributed by atoms with van der Waals surface area (Å²) in [7, 11) is 0. The Labute approximate surface area is 167 Å². The van der Waals surface area contributed by atoms with Crippen LogP contribution in [0.25, 0.3) is 0 Å². The van der Waals surface area contributed by atoms with Gasteiger partial charge in [-0.25, -0.2) is 4.98 Å². The third-order valence-corrected chi connectivity index (χ3v) is 4.79. The average molecular weight is 392 g/mol. The van der Waals surface area contributed by atoms with E-state index >= 15 is 0 Å². The molecule has 2 heterocycles. The summed E-state index contributed by atoms with van der Waals surface area (Å²) in [5.41, 5.74) is 0.316. The molecule has 1 aliphatic heterocycles. The van der Waals surface area contributed by atoms with Crippen molar-refractivity contribution in [2.45, 2.75) is 33.1 Å². The zero-order chi connectivity index (χ0) is 20.2. The maximum absolute atomic E-state index is 12.9. The van der Waals surface area contributed by atoms with Crippen LogP contribution in [0, 0.1) is 0 Å². The van der Waals surface area contributed by atoms with Crippen molar-refractivity contribution in [2.75, 3.05) is 59.0 Å². The lowest BCUT2D eigenvalue weighted by atomic mass is 10.2. The van der Waals surface area contributed by atoms with E-state index in [1.807, 2.05) is 4.90 Å². The summed E-state index contributed by atoms with van der Waals surface area (Å²) in [6, 6.07) is 0. The number of aromatic nitrogens is 2. The number of carbonyl (C=O) groups excluding carboxylic acids is 2. The van der Waals surface area contributed by atoms with Gasteiger partial charge in [0, 0.05) is 64.6 Å². The molecule has 0 aromatic carbocycles. The molecule has 0 aliphatic carbocycles. The molecule has 2 amide bonds. The highest BCUT2D eigenvalue weighted by Crippen LogP contribution is 2.06. The molecule has 0 spiro atoms. The average Bonchev–Trinajstić information content (AvgIpc) is 2.74. The Balaban J connectivity index is 1.98. The van der Waals surface area contributed by atoms with E-state index in [9.17, 15) is 9.59 Å². The summed E-state index contributed by atoms with van der Waals surface area (Å²) in [6.45, 7) is 10.6. The number of rotatable bonds is 11. The van der Waals surface area contributed by atoms with Crippen LogP contribution in [0.1, 0.15) is 43.6 Å². The Morgan fingerprint density at radius 3 is 2.36 bits per heavy atom. The summed E-state index contributed by atoms with van der Waals surface area (Å²) in [6.07, 6.45) is 6.74. The van der Waals surface area contributed by atoms with Gasteiger partial charge in [0.15, 0.2) is 0 Å². The van der Waals surface area contributed by atoms with Crippen LogP contribution in [0.4, 0.5) is 0 Å². The number of ether oxygens (including phenoxy) is 1. The maximum Gasteiger partial charge on any atom is 0.274 e. The lowest BCUT2D eigenvalue weighted by molar-refractivity contribution is -0.131. The first-order chi connectivity index (χ1) is 13.7. The van der Waals surface area contributed by atoms with E-state index in [1.165, 1.54) is 12.4 Å². The Bertz CT molecular complexity index is 587. The Hall–Kier alpha value is -2.06. The quantitative estimate of drug-likeness (QED) is 0.566. The molecule has 28 heavy (non-hydrogen) atoms. The Morgan fingerprint density at radius 1 is 1.04 bits per heavy atom. The fraction of sp³-hybridized carbons (Fsp3) is 0.700. The van der Waals surface area contributed by atoms with E-state index < -0.39 is 0 Å². The van der Waals surface area contributed by atoms with E-state index in [-0.39, 0.29) is 11.8 Å². The number of morpholine rings is 1. The van der Waals surface area contributed by atoms with E-state index in [0.29, 0.717) is 25.2 Å². The van der Waals surface area contributed by atoms with E-state index in [4.69, 9.17) is 4.74 Å². The van der Waals surface area contributed by atoms with Gasteiger partial charge >= 0.3 is 0 Å². The second kappa shape index (κ2) is 12.4. The number of hydrogen-bond donors (Lipinski definition) is 0. The minimum Gasteiger partial charge on any atom is -0.379 e. The fourth-order valence-corrected chi connectivity index (χ4v) is 3.26. The lowest BCUT2D eigenvalue weighted by Gasteiger charge is -2.30. The van der Waals surface area contributed by atoms with Gasteiger partial charge in [0.05, 0.1) is 19.4 Å². The highest BCUT2D eigenvalue weighted by atomic mass is 16.5. The number of nitrogens with zero attached hydrogens (tertiary/aromatic N) is 5. The minimum absolute atomic E-state index is 0.104. The van der Waals surface area contributed by atoms with Gasteiger partial charge in [-0.1, -0.05) is 13.8 Å². The first-order valence-corrected chi connectivity index (χ1v) is 10.3. The molecule has 0 radical (unpaired) electrons. The van der Waals surface area contributed by atoms with Crippen LogP contribution in [-0.2, 0) is 9.53 Å². The second-order valence-corrected chi connectivity index (χ2v) is 6.97. The largest absolute Gasteiger partial charge is 0.379 e. The lowest BCUT2D eigenvalue weighted by Crippen LogP contribution is -2.44. The molecule has 8 heteroatoms. The summed E-state index contributed by atoms with van der Waals surface area (Å²) < 4.78 is 5.38. The summed E-state index contributed by atoms with van der Waals surface area (Å²) in [5.74, 6) is -0.0706. The van der Waals surface area contributed by atoms with Crippen molar-refractivity contribution < 1.29 is 14.3 Å².